The first kappa shape index (κ1) is 17.2. The quantitative estimate of drug-likeness (QED) is 0.621. The third-order valence-corrected chi connectivity index (χ3v) is 3.31. The zero-order valence-corrected chi connectivity index (χ0v) is 13.9. The first-order valence-corrected chi connectivity index (χ1v) is 7.00. The van der Waals surface area contributed by atoms with Gasteiger partial charge in [0.15, 0.2) is 11.5 Å². The lowest BCUT2D eigenvalue weighted by atomic mass is 10.1. The Morgan fingerprint density at radius 2 is 1.50 bits per heavy atom. The molecule has 6 nitrogen and oxygen atoms in total. The molecule has 2 aromatic rings. The van der Waals surface area contributed by atoms with Gasteiger partial charge in [-0.05, 0) is 29.4 Å². The molecule has 2 rings (SSSR count). The van der Waals surface area contributed by atoms with Crippen molar-refractivity contribution in [2.45, 2.75) is 0 Å². The molecule has 0 fully saturated rings. The van der Waals surface area contributed by atoms with Crippen molar-refractivity contribution >= 4 is 5.69 Å². The van der Waals surface area contributed by atoms with Crippen LogP contribution in [0.4, 0.5) is 5.69 Å². The molecule has 0 atom stereocenters. The number of hydrogen-bond donors (Lipinski definition) is 0. The molecule has 0 N–H and O–H groups in total. The van der Waals surface area contributed by atoms with E-state index in [-0.39, 0.29) is 5.69 Å². The summed E-state index contributed by atoms with van der Waals surface area (Å²) in [4.78, 5) is 11.0. The largest absolute Gasteiger partial charge is 0.497 e. The molecule has 0 radical (unpaired) electrons. The van der Waals surface area contributed by atoms with E-state index in [0.717, 1.165) is 0 Å². The van der Waals surface area contributed by atoms with Gasteiger partial charge < -0.3 is 18.9 Å². The average molecular weight is 327 g/mol. The molecule has 0 unspecified atom stereocenters. The number of hydrogen-bond acceptors (Lipinski definition) is 6. The van der Waals surface area contributed by atoms with Crippen LogP contribution in [0.1, 0.15) is 11.1 Å². The van der Waals surface area contributed by atoms with Crippen molar-refractivity contribution in [3.8, 4) is 34.8 Å². The van der Waals surface area contributed by atoms with Crippen LogP contribution in [-0.2, 0) is 0 Å². The number of rotatable bonds is 5. The SMILES string of the molecule is COc1ccc(C#Cc2cc(OC)c(OC)c(OC)c2)c(N=O)c1. The number of benzene rings is 2. The van der Waals surface area contributed by atoms with E-state index in [4.69, 9.17) is 18.9 Å². The van der Waals surface area contributed by atoms with Crippen molar-refractivity contribution in [1.82, 2.24) is 0 Å². The maximum Gasteiger partial charge on any atom is 0.203 e. The predicted octanol–water partition coefficient (Wildman–Crippen LogP) is 3.52. The van der Waals surface area contributed by atoms with Crippen molar-refractivity contribution < 1.29 is 18.9 Å². The highest BCUT2D eigenvalue weighted by atomic mass is 16.5. The summed E-state index contributed by atoms with van der Waals surface area (Å²) >= 11 is 0. The third kappa shape index (κ3) is 3.58. The highest BCUT2D eigenvalue weighted by molar-refractivity contribution is 5.62. The Labute approximate surface area is 140 Å². The van der Waals surface area contributed by atoms with Crippen molar-refractivity contribution in [2.24, 2.45) is 5.18 Å². The molecule has 0 saturated carbocycles. The van der Waals surface area contributed by atoms with Gasteiger partial charge in [-0.25, -0.2) is 0 Å². The summed E-state index contributed by atoms with van der Waals surface area (Å²) in [6.07, 6.45) is 0. The van der Waals surface area contributed by atoms with E-state index in [1.807, 2.05) is 0 Å². The van der Waals surface area contributed by atoms with Gasteiger partial charge in [0, 0.05) is 11.6 Å². The number of methoxy groups -OCH3 is 4. The molecule has 0 aliphatic rings. The van der Waals surface area contributed by atoms with Crippen molar-refractivity contribution in [2.75, 3.05) is 28.4 Å². The second kappa shape index (κ2) is 7.88. The Hall–Kier alpha value is -3.20. The van der Waals surface area contributed by atoms with Gasteiger partial charge in [0.05, 0.1) is 34.0 Å². The highest BCUT2D eigenvalue weighted by Crippen LogP contribution is 2.38. The molecule has 0 aliphatic heterocycles. The molecular weight excluding hydrogens is 310 g/mol. The molecule has 0 amide bonds. The van der Waals surface area contributed by atoms with Gasteiger partial charge in [-0.3, -0.25) is 0 Å². The van der Waals surface area contributed by atoms with E-state index in [2.05, 4.69) is 17.0 Å². The van der Waals surface area contributed by atoms with Crippen molar-refractivity contribution in [3.05, 3.63) is 46.4 Å². The summed E-state index contributed by atoms with van der Waals surface area (Å²) in [5.74, 6) is 7.93. The van der Waals surface area contributed by atoms with Crippen LogP contribution >= 0.6 is 0 Å². The second-order valence-corrected chi connectivity index (χ2v) is 4.64. The summed E-state index contributed by atoms with van der Waals surface area (Å²) in [6, 6.07) is 8.39. The topological polar surface area (TPSA) is 66.3 Å². The monoisotopic (exact) mass is 327 g/mol. The van der Waals surface area contributed by atoms with E-state index >= 15 is 0 Å². The Morgan fingerprint density at radius 1 is 0.833 bits per heavy atom. The lowest BCUT2D eigenvalue weighted by molar-refractivity contribution is 0.324. The smallest absolute Gasteiger partial charge is 0.203 e. The van der Waals surface area contributed by atoms with Crippen LogP contribution < -0.4 is 18.9 Å². The molecule has 0 aromatic heterocycles. The minimum Gasteiger partial charge on any atom is -0.497 e. The van der Waals surface area contributed by atoms with Crippen LogP contribution in [0.25, 0.3) is 0 Å². The fraction of sp³-hybridized carbons (Fsp3) is 0.222. The molecular formula is C18H17NO5. The summed E-state index contributed by atoms with van der Waals surface area (Å²) in [5.41, 5.74) is 1.37. The molecule has 0 saturated heterocycles. The molecule has 24 heavy (non-hydrogen) atoms. The maximum atomic E-state index is 11.0. The molecule has 0 aliphatic carbocycles. The Morgan fingerprint density at radius 3 is 2.00 bits per heavy atom. The number of nitroso groups, excluding NO2 is 1. The molecule has 124 valence electrons. The lowest BCUT2D eigenvalue weighted by Gasteiger charge is -2.12. The lowest BCUT2D eigenvalue weighted by Crippen LogP contribution is -1.95. The first-order valence-electron chi connectivity index (χ1n) is 7.00. The molecule has 0 spiro atoms. The molecule has 0 heterocycles. The molecule has 2 aromatic carbocycles. The van der Waals surface area contributed by atoms with E-state index in [1.165, 1.54) is 34.5 Å². The zero-order valence-electron chi connectivity index (χ0n) is 13.9. The van der Waals surface area contributed by atoms with E-state index in [0.29, 0.717) is 34.1 Å². The second-order valence-electron chi connectivity index (χ2n) is 4.64. The van der Waals surface area contributed by atoms with Gasteiger partial charge >= 0.3 is 0 Å². The van der Waals surface area contributed by atoms with E-state index in [1.54, 1.807) is 24.3 Å². The van der Waals surface area contributed by atoms with Crippen LogP contribution in [0.5, 0.6) is 23.0 Å². The third-order valence-electron chi connectivity index (χ3n) is 3.31. The van der Waals surface area contributed by atoms with Crippen LogP contribution in [0, 0.1) is 16.7 Å². The van der Waals surface area contributed by atoms with Gasteiger partial charge in [-0.15, -0.1) is 4.91 Å². The fourth-order valence-corrected chi connectivity index (χ4v) is 2.11. The standard InChI is InChI=1S/C18H17NO5/c1-21-14-8-7-13(15(11-14)19-20)6-5-12-9-16(22-2)18(24-4)17(10-12)23-3/h7-11H,1-4H3. The molecule has 6 heteroatoms. The van der Waals surface area contributed by atoms with E-state index in [9.17, 15) is 4.91 Å². The van der Waals surface area contributed by atoms with Gasteiger partial charge in [0.2, 0.25) is 5.75 Å². The van der Waals surface area contributed by atoms with Crippen LogP contribution in [0.15, 0.2) is 35.5 Å². The van der Waals surface area contributed by atoms with Crippen molar-refractivity contribution in [3.63, 3.8) is 0 Å². The summed E-state index contributed by atoms with van der Waals surface area (Å²) in [7, 11) is 6.12. The summed E-state index contributed by atoms with van der Waals surface area (Å²) in [6.45, 7) is 0. The molecule has 0 bridgehead atoms. The minimum absolute atomic E-state index is 0.217. The predicted molar refractivity (Wildman–Crippen MR) is 90.5 cm³/mol. The van der Waals surface area contributed by atoms with E-state index < -0.39 is 0 Å². The van der Waals surface area contributed by atoms with Gasteiger partial charge in [-0.2, -0.15) is 0 Å². The minimum atomic E-state index is 0.217. The fourth-order valence-electron chi connectivity index (χ4n) is 2.11. The highest BCUT2D eigenvalue weighted by Gasteiger charge is 2.12. The summed E-state index contributed by atoms with van der Waals surface area (Å²) < 4.78 is 20.9. The average Bonchev–Trinajstić information content (AvgIpc) is 2.64. The Balaban J connectivity index is 2.46. The van der Waals surface area contributed by atoms with Crippen LogP contribution in [-0.4, -0.2) is 28.4 Å². The summed E-state index contributed by atoms with van der Waals surface area (Å²) in [5, 5.41) is 2.98. The number of ether oxygens (including phenoxy) is 4. The Bertz CT molecular complexity index is 780. The zero-order chi connectivity index (χ0) is 17.5. The van der Waals surface area contributed by atoms with Crippen molar-refractivity contribution in [1.29, 1.82) is 0 Å². The van der Waals surface area contributed by atoms with Crippen LogP contribution in [0.2, 0.25) is 0 Å². The first-order chi connectivity index (χ1) is 11.7. The van der Waals surface area contributed by atoms with Gasteiger partial charge in [0.25, 0.3) is 0 Å². The van der Waals surface area contributed by atoms with Crippen LogP contribution in [0.3, 0.4) is 0 Å². The van der Waals surface area contributed by atoms with Gasteiger partial charge in [-0.1, -0.05) is 11.8 Å². The normalized spacial score (nSPS) is 9.50. The van der Waals surface area contributed by atoms with Gasteiger partial charge in [0.1, 0.15) is 11.4 Å². The Kier molecular flexibility index (Phi) is 5.63. The number of nitrogens with zero attached hydrogens (tertiary/aromatic N) is 1. The maximum absolute atomic E-state index is 11.0.